The Bertz CT molecular complexity index is 765. The summed E-state index contributed by atoms with van der Waals surface area (Å²) in [5.41, 5.74) is 0. The van der Waals surface area contributed by atoms with Gasteiger partial charge in [-0.2, -0.15) is 0 Å². The van der Waals surface area contributed by atoms with Gasteiger partial charge in [-0.1, -0.05) is 50.1 Å². The third kappa shape index (κ3) is 5.15. The van der Waals surface area contributed by atoms with Crippen molar-refractivity contribution in [3.05, 3.63) is 30.1 Å². The van der Waals surface area contributed by atoms with Gasteiger partial charge in [-0.3, -0.25) is 4.79 Å². The summed E-state index contributed by atoms with van der Waals surface area (Å²) in [6.45, 7) is 3.29. The number of fused-ring (bicyclic) bond motifs is 1. The molecule has 1 aromatic heterocycles. The highest BCUT2D eigenvalue weighted by molar-refractivity contribution is 7.99. The minimum atomic E-state index is -0.320. The smallest absolute Gasteiger partial charge is 0.230 e. The monoisotopic (exact) mass is 390 g/mol. The van der Waals surface area contributed by atoms with E-state index in [4.69, 9.17) is 9.47 Å². The van der Waals surface area contributed by atoms with Crippen LogP contribution in [0.3, 0.4) is 0 Å². The second kappa shape index (κ2) is 9.64. The molecule has 0 aliphatic carbocycles. The van der Waals surface area contributed by atoms with E-state index in [1.54, 1.807) is 0 Å². The van der Waals surface area contributed by atoms with E-state index in [1.807, 2.05) is 35.9 Å². The summed E-state index contributed by atoms with van der Waals surface area (Å²) in [6.07, 6.45) is 4.27. The van der Waals surface area contributed by atoms with Gasteiger partial charge < -0.3 is 19.4 Å². The molecule has 0 bridgehead atoms. The normalized spacial score (nSPS) is 15.6. The molecule has 1 unspecified atom stereocenters. The molecule has 0 spiro atoms. The Morgan fingerprint density at radius 1 is 1.26 bits per heavy atom. The molecule has 1 atom stereocenters. The highest BCUT2D eigenvalue weighted by atomic mass is 32.2. The highest BCUT2D eigenvalue weighted by Gasteiger charge is 2.27. The molecule has 0 saturated carbocycles. The van der Waals surface area contributed by atoms with Crippen LogP contribution in [0.1, 0.15) is 44.5 Å². The van der Waals surface area contributed by atoms with E-state index in [0.717, 1.165) is 25.1 Å². The molecule has 1 aliphatic rings. The fourth-order valence-electron chi connectivity index (χ4n) is 2.84. The topological polar surface area (TPSA) is 78.3 Å². The maximum Gasteiger partial charge on any atom is 0.230 e. The molecule has 0 radical (unpaired) electrons. The second-order valence-corrected chi connectivity index (χ2v) is 7.41. The van der Waals surface area contributed by atoms with Crippen molar-refractivity contribution in [2.45, 2.75) is 43.9 Å². The van der Waals surface area contributed by atoms with Crippen LogP contribution in [0, 0.1) is 0 Å². The molecular weight excluding hydrogens is 364 g/mol. The lowest BCUT2D eigenvalue weighted by molar-refractivity contribution is -0.118. The summed E-state index contributed by atoms with van der Waals surface area (Å²) < 4.78 is 13.6. The molecule has 1 amide bonds. The SMILES string of the molecule is CCCCCCNC(=O)CSc1nnc(C2COc3ccccc3O2)n1C. The Kier molecular flexibility index (Phi) is 6.98. The molecule has 0 saturated heterocycles. The summed E-state index contributed by atoms with van der Waals surface area (Å²) in [5, 5.41) is 12.1. The molecule has 2 heterocycles. The van der Waals surface area contributed by atoms with E-state index in [-0.39, 0.29) is 12.0 Å². The van der Waals surface area contributed by atoms with Crippen LogP contribution in [0.4, 0.5) is 0 Å². The first kappa shape index (κ1) is 19.5. The van der Waals surface area contributed by atoms with E-state index in [0.29, 0.717) is 29.1 Å². The van der Waals surface area contributed by atoms with Crippen LogP contribution in [0.2, 0.25) is 0 Å². The van der Waals surface area contributed by atoms with E-state index < -0.39 is 0 Å². The van der Waals surface area contributed by atoms with Crippen molar-refractivity contribution in [3.63, 3.8) is 0 Å². The molecule has 1 aliphatic heterocycles. The van der Waals surface area contributed by atoms with Gasteiger partial charge in [0.25, 0.3) is 0 Å². The van der Waals surface area contributed by atoms with Gasteiger partial charge in [0.05, 0.1) is 5.75 Å². The number of nitrogens with zero attached hydrogens (tertiary/aromatic N) is 3. The number of carbonyl (C=O) groups is 1. The standard InChI is InChI=1S/C19H26N4O3S/c1-3-4-5-8-11-20-17(24)13-27-19-22-21-18(23(19)2)16-12-25-14-9-6-7-10-15(14)26-16/h6-7,9-10,16H,3-5,8,11-13H2,1-2H3,(H,20,24). The third-order valence-electron chi connectivity index (χ3n) is 4.35. The third-order valence-corrected chi connectivity index (χ3v) is 5.37. The number of hydrogen-bond donors (Lipinski definition) is 1. The lowest BCUT2D eigenvalue weighted by atomic mass is 10.2. The molecule has 1 aromatic carbocycles. The maximum atomic E-state index is 12.0. The van der Waals surface area contributed by atoms with E-state index in [9.17, 15) is 4.79 Å². The number of benzene rings is 1. The van der Waals surface area contributed by atoms with Gasteiger partial charge in [0.2, 0.25) is 5.91 Å². The fraction of sp³-hybridized carbons (Fsp3) is 0.526. The number of unbranched alkanes of at least 4 members (excludes halogenated alkanes) is 3. The van der Waals surface area contributed by atoms with Crippen LogP contribution in [-0.4, -0.2) is 39.6 Å². The fourth-order valence-corrected chi connectivity index (χ4v) is 3.59. The number of amides is 1. The van der Waals surface area contributed by atoms with Crippen molar-refractivity contribution in [2.24, 2.45) is 7.05 Å². The van der Waals surface area contributed by atoms with Gasteiger partial charge >= 0.3 is 0 Å². The molecular formula is C19H26N4O3S. The first-order chi connectivity index (χ1) is 13.2. The quantitative estimate of drug-likeness (QED) is 0.524. The van der Waals surface area contributed by atoms with Crippen molar-refractivity contribution in [1.82, 2.24) is 20.1 Å². The number of rotatable bonds is 9. The number of carbonyl (C=O) groups excluding carboxylic acids is 1. The van der Waals surface area contributed by atoms with Crippen LogP contribution < -0.4 is 14.8 Å². The van der Waals surface area contributed by atoms with Crippen molar-refractivity contribution in [2.75, 3.05) is 18.9 Å². The van der Waals surface area contributed by atoms with Crippen molar-refractivity contribution in [3.8, 4) is 11.5 Å². The average Bonchev–Trinajstić information content (AvgIpc) is 3.06. The van der Waals surface area contributed by atoms with Gasteiger partial charge in [-0.15, -0.1) is 10.2 Å². The van der Waals surface area contributed by atoms with Crippen molar-refractivity contribution in [1.29, 1.82) is 0 Å². The van der Waals surface area contributed by atoms with Crippen LogP contribution in [-0.2, 0) is 11.8 Å². The summed E-state index contributed by atoms with van der Waals surface area (Å²) in [5.74, 6) is 2.47. The highest BCUT2D eigenvalue weighted by Crippen LogP contribution is 2.35. The first-order valence-corrected chi connectivity index (χ1v) is 10.3. The summed E-state index contributed by atoms with van der Waals surface area (Å²) in [4.78, 5) is 12.0. The maximum absolute atomic E-state index is 12.0. The Balaban J connectivity index is 1.50. The van der Waals surface area contributed by atoms with Crippen molar-refractivity contribution >= 4 is 17.7 Å². The molecule has 1 N–H and O–H groups in total. The Labute approximate surface area is 163 Å². The number of aromatic nitrogens is 3. The molecule has 146 valence electrons. The largest absolute Gasteiger partial charge is 0.485 e. The van der Waals surface area contributed by atoms with Gasteiger partial charge in [0.15, 0.2) is 28.6 Å². The van der Waals surface area contributed by atoms with E-state index in [1.165, 1.54) is 24.6 Å². The molecule has 3 rings (SSSR count). The number of nitrogens with one attached hydrogen (secondary N) is 1. The van der Waals surface area contributed by atoms with E-state index in [2.05, 4.69) is 22.4 Å². The summed E-state index contributed by atoms with van der Waals surface area (Å²) in [7, 11) is 1.88. The molecule has 0 fully saturated rings. The predicted molar refractivity (Wildman–Crippen MR) is 104 cm³/mol. The zero-order valence-electron chi connectivity index (χ0n) is 15.8. The van der Waals surface area contributed by atoms with Crippen LogP contribution in [0.15, 0.2) is 29.4 Å². The average molecular weight is 391 g/mol. The number of thioether (sulfide) groups is 1. The van der Waals surface area contributed by atoms with Crippen LogP contribution >= 0.6 is 11.8 Å². The van der Waals surface area contributed by atoms with Gasteiger partial charge in [0.1, 0.15) is 6.61 Å². The molecule has 8 heteroatoms. The van der Waals surface area contributed by atoms with Gasteiger partial charge in [-0.25, -0.2) is 0 Å². The summed E-state index contributed by atoms with van der Waals surface area (Å²) >= 11 is 1.37. The number of hydrogen-bond acceptors (Lipinski definition) is 6. The van der Waals surface area contributed by atoms with Crippen molar-refractivity contribution < 1.29 is 14.3 Å². The summed E-state index contributed by atoms with van der Waals surface area (Å²) in [6, 6.07) is 7.57. The Morgan fingerprint density at radius 2 is 2.07 bits per heavy atom. The Morgan fingerprint density at radius 3 is 2.89 bits per heavy atom. The van der Waals surface area contributed by atoms with Gasteiger partial charge in [-0.05, 0) is 18.6 Å². The van der Waals surface area contributed by atoms with E-state index >= 15 is 0 Å². The van der Waals surface area contributed by atoms with Crippen LogP contribution in [0.25, 0.3) is 0 Å². The van der Waals surface area contributed by atoms with Gasteiger partial charge in [0, 0.05) is 13.6 Å². The number of para-hydroxylation sites is 2. The molecule has 7 nitrogen and oxygen atoms in total. The lowest BCUT2D eigenvalue weighted by Gasteiger charge is -2.25. The minimum absolute atomic E-state index is 0.0206. The lowest BCUT2D eigenvalue weighted by Crippen LogP contribution is -2.26. The van der Waals surface area contributed by atoms with Crippen LogP contribution in [0.5, 0.6) is 11.5 Å². The second-order valence-electron chi connectivity index (χ2n) is 6.46. The predicted octanol–water partition coefficient (Wildman–Crippen LogP) is 3.12. The molecule has 2 aromatic rings. The zero-order chi connectivity index (χ0) is 19.1. The zero-order valence-corrected chi connectivity index (χ0v) is 16.6. The Hall–Kier alpha value is -2.22. The minimum Gasteiger partial charge on any atom is -0.485 e. The first-order valence-electron chi connectivity index (χ1n) is 9.36. The molecule has 27 heavy (non-hydrogen) atoms. The number of ether oxygens (including phenoxy) is 2.